The third kappa shape index (κ3) is 2.29. The number of rotatable bonds is 3. The van der Waals surface area contributed by atoms with Crippen molar-refractivity contribution in [2.24, 2.45) is 11.3 Å². The van der Waals surface area contributed by atoms with Crippen LogP contribution in [-0.2, 0) is 0 Å². The second-order valence-electron chi connectivity index (χ2n) is 5.59. The van der Waals surface area contributed by atoms with Crippen molar-refractivity contribution in [3.05, 3.63) is 0 Å². The molecule has 2 heteroatoms. The van der Waals surface area contributed by atoms with Crippen molar-refractivity contribution in [2.75, 3.05) is 26.2 Å². The highest BCUT2D eigenvalue weighted by Crippen LogP contribution is 2.38. The molecule has 1 unspecified atom stereocenters. The first-order valence-electron chi connectivity index (χ1n) is 6.05. The molecule has 2 aliphatic rings. The van der Waals surface area contributed by atoms with Crippen LogP contribution in [-0.4, -0.2) is 36.2 Å². The minimum absolute atomic E-state index is 0.382. The summed E-state index contributed by atoms with van der Waals surface area (Å²) in [6.07, 6.45) is 6.87. The van der Waals surface area contributed by atoms with E-state index >= 15 is 0 Å². The fourth-order valence-corrected chi connectivity index (χ4v) is 3.13. The van der Waals surface area contributed by atoms with Gasteiger partial charge < -0.3 is 10.0 Å². The molecule has 2 rings (SSSR count). The van der Waals surface area contributed by atoms with Crippen molar-refractivity contribution in [2.45, 2.75) is 39.0 Å². The Morgan fingerprint density at radius 3 is 2.64 bits per heavy atom. The van der Waals surface area contributed by atoms with Gasteiger partial charge in [0.2, 0.25) is 0 Å². The van der Waals surface area contributed by atoms with E-state index in [9.17, 15) is 0 Å². The summed E-state index contributed by atoms with van der Waals surface area (Å²) in [5.74, 6) is 0.556. The lowest BCUT2D eigenvalue weighted by Crippen LogP contribution is -2.33. The SMILES string of the molecule is CC1(CN2CCC(CO)C2)CCCC1. The van der Waals surface area contributed by atoms with Crippen LogP contribution in [0.15, 0.2) is 0 Å². The van der Waals surface area contributed by atoms with E-state index in [2.05, 4.69) is 11.8 Å². The van der Waals surface area contributed by atoms with Gasteiger partial charge in [0.25, 0.3) is 0 Å². The highest BCUT2D eigenvalue weighted by Gasteiger charge is 2.33. The van der Waals surface area contributed by atoms with Crippen molar-refractivity contribution in [1.29, 1.82) is 0 Å². The quantitative estimate of drug-likeness (QED) is 0.746. The van der Waals surface area contributed by atoms with Crippen LogP contribution >= 0.6 is 0 Å². The summed E-state index contributed by atoms with van der Waals surface area (Å²) in [6.45, 7) is 6.43. The summed E-state index contributed by atoms with van der Waals surface area (Å²) in [5, 5.41) is 9.08. The molecule has 1 saturated carbocycles. The minimum Gasteiger partial charge on any atom is -0.396 e. The molecule has 0 bridgehead atoms. The number of nitrogens with zero attached hydrogens (tertiary/aromatic N) is 1. The van der Waals surface area contributed by atoms with Gasteiger partial charge in [-0.25, -0.2) is 0 Å². The molecule has 1 aliphatic heterocycles. The molecule has 1 saturated heterocycles. The predicted molar refractivity (Wildman–Crippen MR) is 58.2 cm³/mol. The van der Waals surface area contributed by atoms with Gasteiger partial charge in [-0.3, -0.25) is 0 Å². The summed E-state index contributed by atoms with van der Waals surface area (Å²) >= 11 is 0. The standard InChI is InChI=1S/C12H23NO/c1-12(5-2-3-6-12)10-13-7-4-11(8-13)9-14/h11,14H,2-10H2,1H3. The van der Waals surface area contributed by atoms with Gasteiger partial charge in [-0.1, -0.05) is 19.8 Å². The number of aliphatic hydroxyl groups is 1. The molecular weight excluding hydrogens is 174 g/mol. The summed E-state index contributed by atoms with van der Waals surface area (Å²) in [4.78, 5) is 2.56. The van der Waals surface area contributed by atoms with Crippen molar-refractivity contribution < 1.29 is 5.11 Å². The Morgan fingerprint density at radius 2 is 2.07 bits per heavy atom. The number of hydrogen-bond donors (Lipinski definition) is 1. The molecule has 1 atom stereocenters. The van der Waals surface area contributed by atoms with E-state index < -0.39 is 0 Å². The monoisotopic (exact) mass is 197 g/mol. The second kappa shape index (κ2) is 4.19. The van der Waals surface area contributed by atoms with E-state index in [4.69, 9.17) is 5.11 Å². The van der Waals surface area contributed by atoms with E-state index in [1.54, 1.807) is 0 Å². The van der Waals surface area contributed by atoms with Crippen LogP contribution in [0.4, 0.5) is 0 Å². The molecule has 2 nitrogen and oxygen atoms in total. The van der Waals surface area contributed by atoms with Gasteiger partial charge in [0, 0.05) is 19.7 Å². The summed E-state index contributed by atoms with van der Waals surface area (Å²) in [6, 6.07) is 0. The average molecular weight is 197 g/mol. The first kappa shape index (κ1) is 10.4. The molecule has 1 N–H and O–H groups in total. The maximum Gasteiger partial charge on any atom is 0.0471 e. The van der Waals surface area contributed by atoms with Gasteiger partial charge in [-0.15, -0.1) is 0 Å². The second-order valence-corrected chi connectivity index (χ2v) is 5.59. The Balaban J connectivity index is 1.80. The van der Waals surface area contributed by atoms with E-state index in [-0.39, 0.29) is 0 Å². The van der Waals surface area contributed by atoms with E-state index in [1.807, 2.05) is 0 Å². The molecular formula is C12H23NO. The molecule has 2 fully saturated rings. The molecule has 0 spiro atoms. The molecule has 0 aromatic rings. The maximum atomic E-state index is 9.08. The highest BCUT2D eigenvalue weighted by atomic mass is 16.3. The van der Waals surface area contributed by atoms with Crippen LogP contribution in [0.3, 0.4) is 0 Å². The minimum atomic E-state index is 0.382. The molecule has 82 valence electrons. The maximum absolute atomic E-state index is 9.08. The molecule has 0 radical (unpaired) electrons. The Kier molecular flexibility index (Phi) is 3.13. The van der Waals surface area contributed by atoms with Gasteiger partial charge in [-0.2, -0.15) is 0 Å². The molecule has 0 aromatic heterocycles. The summed E-state index contributed by atoms with van der Waals surface area (Å²) in [7, 11) is 0. The first-order valence-corrected chi connectivity index (χ1v) is 6.05. The van der Waals surface area contributed by atoms with Crippen molar-refractivity contribution >= 4 is 0 Å². The van der Waals surface area contributed by atoms with E-state index in [0.717, 1.165) is 6.54 Å². The lowest BCUT2D eigenvalue weighted by atomic mass is 9.88. The Labute approximate surface area is 87.3 Å². The molecule has 1 heterocycles. The van der Waals surface area contributed by atoms with Crippen LogP contribution in [0.1, 0.15) is 39.0 Å². The van der Waals surface area contributed by atoms with Crippen LogP contribution in [0.5, 0.6) is 0 Å². The lowest BCUT2D eigenvalue weighted by molar-refractivity contribution is 0.176. The third-order valence-electron chi connectivity index (χ3n) is 4.04. The number of hydrogen-bond acceptors (Lipinski definition) is 2. The fraction of sp³-hybridized carbons (Fsp3) is 1.00. The molecule has 1 aliphatic carbocycles. The Bertz CT molecular complexity index is 187. The van der Waals surface area contributed by atoms with Gasteiger partial charge in [0.15, 0.2) is 0 Å². The van der Waals surface area contributed by atoms with Crippen molar-refractivity contribution in [3.63, 3.8) is 0 Å². The topological polar surface area (TPSA) is 23.5 Å². The predicted octanol–water partition coefficient (Wildman–Crippen LogP) is 1.88. The van der Waals surface area contributed by atoms with Crippen molar-refractivity contribution in [1.82, 2.24) is 4.90 Å². The molecule has 0 aromatic carbocycles. The van der Waals surface area contributed by atoms with Gasteiger partial charge in [0.05, 0.1) is 0 Å². The smallest absolute Gasteiger partial charge is 0.0471 e. The Hall–Kier alpha value is -0.0800. The molecule has 0 amide bonds. The number of likely N-dealkylation sites (tertiary alicyclic amines) is 1. The van der Waals surface area contributed by atoms with Crippen LogP contribution in [0.2, 0.25) is 0 Å². The first-order chi connectivity index (χ1) is 6.72. The Morgan fingerprint density at radius 1 is 1.36 bits per heavy atom. The molecule has 14 heavy (non-hydrogen) atoms. The average Bonchev–Trinajstić information content (AvgIpc) is 2.75. The van der Waals surface area contributed by atoms with E-state index in [1.165, 1.54) is 45.2 Å². The van der Waals surface area contributed by atoms with Crippen LogP contribution in [0.25, 0.3) is 0 Å². The van der Waals surface area contributed by atoms with Crippen molar-refractivity contribution in [3.8, 4) is 0 Å². The summed E-state index contributed by atoms with van der Waals surface area (Å²) in [5.41, 5.74) is 0.588. The van der Waals surface area contributed by atoms with Gasteiger partial charge in [0.1, 0.15) is 0 Å². The van der Waals surface area contributed by atoms with Crippen LogP contribution < -0.4 is 0 Å². The van der Waals surface area contributed by atoms with E-state index in [0.29, 0.717) is 17.9 Å². The zero-order chi connectivity index (χ0) is 10.0. The third-order valence-corrected chi connectivity index (χ3v) is 4.04. The normalized spacial score (nSPS) is 32.6. The highest BCUT2D eigenvalue weighted by molar-refractivity contribution is 4.86. The lowest BCUT2D eigenvalue weighted by Gasteiger charge is -2.29. The van der Waals surface area contributed by atoms with Gasteiger partial charge in [-0.05, 0) is 37.1 Å². The fourth-order valence-electron chi connectivity index (χ4n) is 3.13. The van der Waals surface area contributed by atoms with Crippen LogP contribution in [0, 0.1) is 11.3 Å². The van der Waals surface area contributed by atoms with Gasteiger partial charge >= 0.3 is 0 Å². The zero-order valence-corrected chi connectivity index (χ0v) is 9.34. The largest absolute Gasteiger partial charge is 0.396 e. The summed E-state index contributed by atoms with van der Waals surface area (Å²) < 4.78 is 0. The number of aliphatic hydroxyl groups excluding tert-OH is 1. The zero-order valence-electron chi connectivity index (χ0n) is 9.34.